The quantitative estimate of drug-likeness (QED) is 0.620. The van der Waals surface area contributed by atoms with E-state index >= 15 is 0 Å². The van der Waals surface area contributed by atoms with Gasteiger partial charge in [0.05, 0.1) is 6.61 Å². The molecule has 0 aliphatic carbocycles. The molecule has 0 saturated heterocycles. The van der Waals surface area contributed by atoms with Crippen LogP contribution in [0.1, 0.15) is 6.42 Å². The summed E-state index contributed by atoms with van der Waals surface area (Å²) < 4.78 is 9.77. The summed E-state index contributed by atoms with van der Waals surface area (Å²) in [5, 5.41) is 0. The van der Waals surface area contributed by atoms with Gasteiger partial charge in [0.2, 0.25) is 0 Å². The van der Waals surface area contributed by atoms with E-state index in [1.54, 1.807) is 14.2 Å². The van der Waals surface area contributed by atoms with Crippen molar-refractivity contribution in [1.29, 1.82) is 0 Å². The number of halogens is 1. The number of alkyl halides is 1. The standard InChI is InChI=1S/C6H13BrO2/c1-8-4-3-6(7)5-9-2/h6H,3-5H2,1-2H3. The van der Waals surface area contributed by atoms with Gasteiger partial charge in [0, 0.05) is 25.7 Å². The van der Waals surface area contributed by atoms with E-state index in [1.807, 2.05) is 0 Å². The average Bonchev–Trinajstić information content (AvgIpc) is 1.85. The molecule has 0 heterocycles. The third-order valence-corrected chi connectivity index (χ3v) is 1.70. The largest absolute Gasteiger partial charge is 0.385 e. The number of methoxy groups -OCH3 is 2. The normalized spacial score (nSPS) is 13.7. The van der Waals surface area contributed by atoms with Crippen molar-refractivity contribution in [1.82, 2.24) is 0 Å². The topological polar surface area (TPSA) is 18.5 Å². The first kappa shape index (κ1) is 9.40. The zero-order valence-corrected chi connectivity index (χ0v) is 7.48. The van der Waals surface area contributed by atoms with E-state index in [-0.39, 0.29) is 0 Å². The molecule has 3 heteroatoms. The Balaban J connectivity index is 2.95. The molecule has 0 aromatic carbocycles. The van der Waals surface area contributed by atoms with Crippen molar-refractivity contribution >= 4 is 15.9 Å². The van der Waals surface area contributed by atoms with Crippen molar-refractivity contribution in [3.05, 3.63) is 0 Å². The van der Waals surface area contributed by atoms with E-state index in [0.29, 0.717) is 4.83 Å². The van der Waals surface area contributed by atoms with Gasteiger partial charge in [-0.1, -0.05) is 15.9 Å². The number of rotatable bonds is 5. The van der Waals surface area contributed by atoms with Gasteiger partial charge < -0.3 is 9.47 Å². The summed E-state index contributed by atoms with van der Waals surface area (Å²) in [4.78, 5) is 0.433. The maximum Gasteiger partial charge on any atom is 0.0588 e. The van der Waals surface area contributed by atoms with Gasteiger partial charge in [-0.2, -0.15) is 0 Å². The third kappa shape index (κ3) is 6.28. The Morgan fingerprint density at radius 1 is 1.33 bits per heavy atom. The highest BCUT2D eigenvalue weighted by atomic mass is 79.9. The second-order valence-electron chi connectivity index (χ2n) is 1.83. The molecule has 1 atom stereocenters. The van der Waals surface area contributed by atoms with Crippen molar-refractivity contribution in [3.8, 4) is 0 Å². The minimum Gasteiger partial charge on any atom is -0.385 e. The van der Waals surface area contributed by atoms with E-state index in [9.17, 15) is 0 Å². The van der Waals surface area contributed by atoms with Gasteiger partial charge in [0.25, 0.3) is 0 Å². The summed E-state index contributed by atoms with van der Waals surface area (Å²) in [6.45, 7) is 1.54. The predicted molar refractivity (Wildman–Crippen MR) is 41.1 cm³/mol. The molecule has 0 aliphatic rings. The van der Waals surface area contributed by atoms with Crippen molar-refractivity contribution in [3.63, 3.8) is 0 Å². The van der Waals surface area contributed by atoms with Gasteiger partial charge in [0.1, 0.15) is 0 Å². The second kappa shape index (κ2) is 6.52. The maximum atomic E-state index is 4.90. The van der Waals surface area contributed by atoms with Crippen LogP contribution in [0.5, 0.6) is 0 Å². The molecule has 0 bridgehead atoms. The Hall–Kier alpha value is 0.400. The van der Waals surface area contributed by atoms with Crippen LogP contribution in [0.3, 0.4) is 0 Å². The Kier molecular flexibility index (Phi) is 6.81. The van der Waals surface area contributed by atoms with Crippen LogP contribution in [0.2, 0.25) is 0 Å². The second-order valence-corrected chi connectivity index (χ2v) is 3.13. The molecule has 1 unspecified atom stereocenters. The minimum absolute atomic E-state index is 0.433. The van der Waals surface area contributed by atoms with Gasteiger partial charge in [0.15, 0.2) is 0 Å². The molecule has 0 aliphatic heterocycles. The fourth-order valence-electron chi connectivity index (χ4n) is 0.510. The summed E-state index contributed by atoms with van der Waals surface area (Å²) >= 11 is 3.43. The Labute approximate surface area is 64.7 Å². The summed E-state index contributed by atoms with van der Waals surface area (Å²) in [5.41, 5.74) is 0. The fraction of sp³-hybridized carbons (Fsp3) is 1.00. The highest BCUT2D eigenvalue weighted by Crippen LogP contribution is 2.04. The van der Waals surface area contributed by atoms with Gasteiger partial charge in [-0.25, -0.2) is 0 Å². The highest BCUT2D eigenvalue weighted by Gasteiger charge is 2.00. The van der Waals surface area contributed by atoms with Gasteiger partial charge >= 0.3 is 0 Å². The summed E-state index contributed by atoms with van der Waals surface area (Å²) in [6.07, 6.45) is 1.00. The maximum absolute atomic E-state index is 4.90. The lowest BCUT2D eigenvalue weighted by Crippen LogP contribution is -2.08. The van der Waals surface area contributed by atoms with Crippen LogP contribution >= 0.6 is 15.9 Å². The smallest absolute Gasteiger partial charge is 0.0588 e. The zero-order chi connectivity index (χ0) is 7.11. The average molecular weight is 197 g/mol. The first-order chi connectivity index (χ1) is 4.31. The van der Waals surface area contributed by atoms with Gasteiger partial charge in [-0.05, 0) is 6.42 Å². The van der Waals surface area contributed by atoms with Gasteiger partial charge in [-0.15, -0.1) is 0 Å². The molecule has 0 radical (unpaired) electrons. The van der Waals surface area contributed by atoms with E-state index in [0.717, 1.165) is 19.6 Å². The number of hydrogen-bond acceptors (Lipinski definition) is 2. The van der Waals surface area contributed by atoms with Crippen molar-refractivity contribution in [2.75, 3.05) is 27.4 Å². The molecule has 0 aromatic rings. The molecular formula is C6H13BrO2. The molecular weight excluding hydrogens is 184 g/mol. The molecule has 2 nitrogen and oxygen atoms in total. The Morgan fingerprint density at radius 3 is 2.44 bits per heavy atom. The van der Waals surface area contributed by atoms with E-state index in [1.165, 1.54) is 0 Å². The molecule has 0 N–H and O–H groups in total. The zero-order valence-electron chi connectivity index (χ0n) is 5.89. The first-order valence-electron chi connectivity index (χ1n) is 2.93. The summed E-state index contributed by atoms with van der Waals surface area (Å²) in [5.74, 6) is 0. The van der Waals surface area contributed by atoms with E-state index < -0.39 is 0 Å². The summed E-state index contributed by atoms with van der Waals surface area (Å²) in [6, 6.07) is 0. The molecule has 0 saturated carbocycles. The number of ether oxygens (including phenoxy) is 2. The minimum atomic E-state index is 0.433. The van der Waals surface area contributed by atoms with Gasteiger partial charge in [-0.3, -0.25) is 0 Å². The van der Waals surface area contributed by atoms with Crippen LogP contribution in [0.25, 0.3) is 0 Å². The molecule has 0 aromatic heterocycles. The lowest BCUT2D eigenvalue weighted by Gasteiger charge is -2.05. The van der Waals surface area contributed by atoms with E-state index in [2.05, 4.69) is 15.9 Å². The lowest BCUT2D eigenvalue weighted by atomic mass is 10.3. The fourth-order valence-corrected chi connectivity index (χ4v) is 0.961. The van der Waals surface area contributed by atoms with Crippen LogP contribution in [0.15, 0.2) is 0 Å². The van der Waals surface area contributed by atoms with Crippen molar-refractivity contribution < 1.29 is 9.47 Å². The summed E-state index contributed by atoms with van der Waals surface area (Å²) in [7, 11) is 3.40. The van der Waals surface area contributed by atoms with Crippen molar-refractivity contribution in [2.45, 2.75) is 11.2 Å². The van der Waals surface area contributed by atoms with Crippen LogP contribution in [-0.4, -0.2) is 32.3 Å². The Bertz CT molecular complexity index is 59.0. The van der Waals surface area contributed by atoms with Crippen molar-refractivity contribution in [2.24, 2.45) is 0 Å². The molecule has 0 spiro atoms. The highest BCUT2D eigenvalue weighted by molar-refractivity contribution is 9.09. The van der Waals surface area contributed by atoms with Crippen LogP contribution in [0.4, 0.5) is 0 Å². The van der Waals surface area contributed by atoms with Crippen LogP contribution in [0, 0.1) is 0 Å². The molecule has 9 heavy (non-hydrogen) atoms. The lowest BCUT2D eigenvalue weighted by molar-refractivity contribution is 0.165. The van der Waals surface area contributed by atoms with Crippen LogP contribution in [-0.2, 0) is 9.47 Å². The molecule has 56 valence electrons. The number of hydrogen-bond donors (Lipinski definition) is 0. The predicted octanol–water partition coefficient (Wildman–Crippen LogP) is 1.43. The third-order valence-electron chi connectivity index (χ3n) is 0.983. The molecule has 0 rings (SSSR count). The molecule has 0 amide bonds. The monoisotopic (exact) mass is 196 g/mol. The molecule has 0 fully saturated rings. The first-order valence-corrected chi connectivity index (χ1v) is 3.84. The Morgan fingerprint density at radius 2 is 2.00 bits per heavy atom. The van der Waals surface area contributed by atoms with Crippen LogP contribution < -0.4 is 0 Å². The van der Waals surface area contributed by atoms with E-state index in [4.69, 9.17) is 9.47 Å². The SMILES string of the molecule is COCCC(Br)COC.